The maximum Gasteiger partial charge on any atom is 0.416 e. The average molecular weight is 491 g/mol. The number of rotatable bonds is 5. The third-order valence-electron chi connectivity index (χ3n) is 4.08. The van der Waals surface area contributed by atoms with Crippen molar-refractivity contribution < 1.29 is 42.2 Å². The largest absolute Gasteiger partial charge is 0.416 e. The topological polar surface area (TPSA) is 88.9 Å². The molecule has 0 saturated heterocycles. The Balaban J connectivity index is 1.84. The van der Waals surface area contributed by atoms with Gasteiger partial charge in [0.1, 0.15) is 11.2 Å². The lowest BCUT2D eigenvalue weighted by Crippen LogP contribution is -2.41. The lowest BCUT2D eigenvalue weighted by molar-refractivity contribution is -0.137. The number of alkyl halides is 3. The third-order valence-corrected chi connectivity index (χ3v) is 5.21. The Kier molecular flexibility index (Phi) is 5.08. The lowest BCUT2D eigenvalue weighted by atomic mass is 10.1. The van der Waals surface area contributed by atoms with Gasteiger partial charge in [-0.2, -0.15) is 13.2 Å². The monoisotopic (exact) mass is 491 g/mol. The van der Waals surface area contributed by atoms with Crippen LogP contribution in [-0.4, -0.2) is 26.6 Å². The Morgan fingerprint density at radius 1 is 1.06 bits per heavy atom. The zero-order valence-corrected chi connectivity index (χ0v) is 16.4. The first-order valence-electron chi connectivity index (χ1n) is 8.58. The molecule has 1 aromatic heterocycles. The summed E-state index contributed by atoms with van der Waals surface area (Å²) in [5, 5.41) is 3.56. The van der Waals surface area contributed by atoms with E-state index in [2.05, 4.69) is 20.9 Å². The molecule has 1 fully saturated rings. The fourth-order valence-corrected chi connectivity index (χ4v) is 3.05. The van der Waals surface area contributed by atoms with E-state index in [4.69, 9.17) is 0 Å². The summed E-state index contributed by atoms with van der Waals surface area (Å²) in [6.45, 7) is 0. The Labute approximate surface area is 174 Å². The van der Waals surface area contributed by atoms with Crippen LogP contribution in [0.2, 0.25) is 0 Å². The molecule has 3 rings (SSSR count). The normalized spacial score (nSPS) is 17.0. The highest BCUT2D eigenvalue weighted by molar-refractivity contribution is 8.45. The first-order valence-corrected chi connectivity index (χ1v) is 10.5. The van der Waals surface area contributed by atoms with Crippen LogP contribution in [0.1, 0.15) is 18.4 Å². The summed E-state index contributed by atoms with van der Waals surface area (Å²) in [5.74, 6) is -2.12. The van der Waals surface area contributed by atoms with Crippen molar-refractivity contribution in [2.24, 2.45) is 5.92 Å². The Morgan fingerprint density at radius 2 is 1.72 bits per heavy atom. The van der Waals surface area contributed by atoms with Crippen LogP contribution >= 0.6 is 10.2 Å². The minimum absolute atomic E-state index is 0.180. The van der Waals surface area contributed by atoms with Crippen molar-refractivity contribution in [2.45, 2.75) is 23.9 Å². The van der Waals surface area contributed by atoms with E-state index in [0.717, 1.165) is 23.3 Å². The highest BCUT2D eigenvalue weighted by Gasteiger charge is 2.66. The standard InChI is InChI=1S/C16H13F8N5O2S/c17-16(18,19)11-5-10(6-12(7-11)32(20,21,22,23)24)14-25-8-29(28-14)4-3-13(30)26-27-15(31)9-1-2-9/h3-9H,1-2H2,(H,26,30)(H,27,31). The number of hydrazine groups is 1. The molecule has 176 valence electrons. The molecular formula is C16H13F8N5O2S. The van der Waals surface area contributed by atoms with E-state index in [0.29, 0.717) is 12.8 Å². The van der Waals surface area contributed by atoms with Crippen LogP contribution in [0, 0.1) is 5.92 Å². The zero-order chi connectivity index (χ0) is 24.0. The van der Waals surface area contributed by atoms with Crippen molar-refractivity contribution >= 4 is 28.2 Å². The van der Waals surface area contributed by atoms with Gasteiger partial charge in [-0.05, 0) is 31.0 Å². The van der Waals surface area contributed by atoms with Crippen molar-refractivity contribution in [1.29, 1.82) is 0 Å². The van der Waals surface area contributed by atoms with Gasteiger partial charge in [-0.1, -0.05) is 19.4 Å². The Bertz CT molecular complexity index is 1110. The van der Waals surface area contributed by atoms with Gasteiger partial charge in [-0.25, -0.2) is 9.67 Å². The number of benzene rings is 1. The lowest BCUT2D eigenvalue weighted by Gasteiger charge is -2.40. The molecule has 32 heavy (non-hydrogen) atoms. The van der Waals surface area contributed by atoms with Gasteiger partial charge in [0, 0.05) is 23.8 Å². The number of hydrogen-bond donors (Lipinski definition) is 2. The smallest absolute Gasteiger partial charge is 0.273 e. The van der Waals surface area contributed by atoms with Gasteiger partial charge in [-0.15, -0.1) is 5.10 Å². The van der Waals surface area contributed by atoms with E-state index >= 15 is 0 Å². The first-order chi connectivity index (χ1) is 14.4. The predicted molar refractivity (Wildman–Crippen MR) is 96.2 cm³/mol. The van der Waals surface area contributed by atoms with Gasteiger partial charge < -0.3 is 0 Å². The minimum atomic E-state index is -10.4. The average Bonchev–Trinajstić information content (AvgIpc) is 3.39. The number of halogens is 8. The summed E-state index contributed by atoms with van der Waals surface area (Å²) in [4.78, 5) is 23.8. The van der Waals surface area contributed by atoms with Gasteiger partial charge >= 0.3 is 16.4 Å². The van der Waals surface area contributed by atoms with Crippen molar-refractivity contribution in [3.05, 3.63) is 36.2 Å². The van der Waals surface area contributed by atoms with Crippen molar-refractivity contribution in [2.75, 3.05) is 0 Å². The molecule has 0 bridgehead atoms. The Hall–Kier alpha value is -3.17. The fraction of sp³-hybridized carbons (Fsp3) is 0.250. The van der Waals surface area contributed by atoms with E-state index < -0.39 is 50.2 Å². The molecule has 2 aromatic rings. The molecule has 16 heteroatoms. The van der Waals surface area contributed by atoms with E-state index in [9.17, 15) is 42.2 Å². The van der Waals surface area contributed by atoms with Crippen LogP contribution in [0.5, 0.6) is 0 Å². The second-order valence-electron chi connectivity index (χ2n) is 6.83. The summed E-state index contributed by atoms with van der Waals surface area (Å²) < 4.78 is 105. The van der Waals surface area contributed by atoms with E-state index in [-0.39, 0.29) is 24.0 Å². The van der Waals surface area contributed by atoms with Crippen LogP contribution in [-0.2, 0) is 15.8 Å². The SMILES string of the molecule is O=C(C=Cn1cnc(-c2cc(C(F)(F)F)cc(S(F)(F)(F)(F)F)c2)n1)NNC(=O)C1CC1. The molecule has 1 heterocycles. The summed E-state index contributed by atoms with van der Waals surface area (Å²) in [6, 6.07) is -0.668. The molecule has 0 unspecified atom stereocenters. The number of carbonyl (C=O) groups excluding carboxylic acids is 2. The number of nitrogens with zero attached hydrogens (tertiary/aromatic N) is 3. The number of carbonyl (C=O) groups is 2. The molecule has 1 saturated carbocycles. The maximum atomic E-state index is 13.1. The van der Waals surface area contributed by atoms with Crippen LogP contribution in [0.25, 0.3) is 17.6 Å². The molecule has 0 atom stereocenters. The minimum Gasteiger partial charge on any atom is -0.273 e. The van der Waals surface area contributed by atoms with Crippen LogP contribution in [0.3, 0.4) is 0 Å². The molecule has 2 amide bonds. The van der Waals surface area contributed by atoms with Gasteiger partial charge in [-0.3, -0.25) is 20.4 Å². The molecule has 0 aliphatic heterocycles. The summed E-state index contributed by atoms with van der Waals surface area (Å²) >= 11 is 0. The number of hydrogen-bond acceptors (Lipinski definition) is 4. The summed E-state index contributed by atoms with van der Waals surface area (Å²) in [6.07, 6.45) is -1.39. The molecule has 1 aliphatic carbocycles. The third kappa shape index (κ3) is 5.95. The van der Waals surface area contributed by atoms with Gasteiger partial charge in [0.05, 0.1) is 5.56 Å². The van der Waals surface area contributed by atoms with Crippen molar-refractivity contribution in [1.82, 2.24) is 25.6 Å². The molecule has 1 aliphatic rings. The number of nitrogens with one attached hydrogen (secondary N) is 2. The summed E-state index contributed by atoms with van der Waals surface area (Å²) in [7, 11) is -10.4. The number of aromatic nitrogens is 3. The second-order valence-corrected chi connectivity index (χ2v) is 9.24. The highest BCUT2D eigenvalue weighted by Crippen LogP contribution is 3.02. The molecule has 0 spiro atoms. The van der Waals surface area contributed by atoms with Gasteiger partial charge in [0.2, 0.25) is 5.91 Å². The van der Waals surface area contributed by atoms with Gasteiger partial charge in [0.15, 0.2) is 5.82 Å². The van der Waals surface area contributed by atoms with Crippen LogP contribution in [0.4, 0.5) is 32.6 Å². The molecule has 7 nitrogen and oxygen atoms in total. The quantitative estimate of drug-likeness (QED) is 0.362. The van der Waals surface area contributed by atoms with Gasteiger partial charge in [0.25, 0.3) is 5.91 Å². The van der Waals surface area contributed by atoms with E-state index in [1.807, 2.05) is 0 Å². The Morgan fingerprint density at radius 3 is 2.28 bits per heavy atom. The molecule has 2 N–H and O–H groups in total. The second kappa shape index (κ2) is 6.91. The molecule has 1 aromatic carbocycles. The summed E-state index contributed by atoms with van der Waals surface area (Å²) in [5.41, 5.74) is 1.27. The molecule has 0 radical (unpaired) electrons. The predicted octanol–water partition coefficient (Wildman–Crippen LogP) is 4.65. The van der Waals surface area contributed by atoms with Crippen LogP contribution < -0.4 is 10.9 Å². The number of amides is 2. The first kappa shape index (κ1) is 23.5. The van der Waals surface area contributed by atoms with Crippen molar-refractivity contribution in [3.8, 4) is 11.4 Å². The van der Waals surface area contributed by atoms with E-state index in [1.165, 1.54) is 0 Å². The van der Waals surface area contributed by atoms with Crippen LogP contribution in [0.15, 0.2) is 35.5 Å². The maximum absolute atomic E-state index is 13.1. The van der Waals surface area contributed by atoms with Crippen molar-refractivity contribution in [3.63, 3.8) is 0 Å². The molecular weight excluding hydrogens is 478 g/mol. The van der Waals surface area contributed by atoms with E-state index in [1.54, 1.807) is 0 Å². The highest BCUT2D eigenvalue weighted by atomic mass is 32.5. The fourth-order valence-electron chi connectivity index (χ4n) is 2.35. The zero-order valence-electron chi connectivity index (χ0n) is 15.5.